The van der Waals surface area contributed by atoms with Crippen LogP contribution in [0.3, 0.4) is 0 Å². The number of aromatic nitrogens is 2. The minimum absolute atomic E-state index is 0.0881. The second kappa shape index (κ2) is 11.5. The third-order valence-corrected chi connectivity index (χ3v) is 9.69. The molecule has 1 aromatic heterocycles. The molecule has 4 rings (SSSR count). The number of hydrogen-bond acceptors (Lipinski definition) is 5. The van der Waals surface area contributed by atoms with Crippen LogP contribution in [0.4, 0.5) is 5.69 Å². The summed E-state index contributed by atoms with van der Waals surface area (Å²) in [6, 6.07) is 12.8. The maximum Gasteiger partial charge on any atom is 0.238 e. The Labute approximate surface area is 223 Å². The van der Waals surface area contributed by atoms with Crippen LogP contribution in [0.2, 0.25) is 10.0 Å². The fourth-order valence-electron chi connectivity index (χ4n) is 4.81. The molecule has 7 nitrogen and oxygen atoms in total. The summed E-state index contributed by atoms with van der Waals surface area (Å²) >= 11 is 12.8. The van der Waals surface area contributed by atoms with Crippen LogP contribution in [0.15, 0.2) is 54.9 Å². The van der Waals surface area contributed by atoms with Gasteiger partial charge in [-0.15, -0.1) is 0 Å². The minimum atomic E-state index is -3.81. The first-order chi connectivity index (χ1) is 17.2. The van der Waals surface area contributed by atoms with E-state index in [2.05, 4.69) is 4.98 Å². The number of anilines is 1. The van der Waals surface area contributed by atoms with Crippen molar-refractivity contribution < 1.29 is 17.9 Å². The molecule has 2 unspecified atom stereocenters. The first-order valence-corrected chi connectivity index (χ1v) is 14.1. The average Bonchev–Trinajstić information content (AvgIpc) is 3.28. The van der Waals surface area contributed by atoms with E-state index in [-0.39, 0.29) is 18.8 Å². The molecule has 0 aliphatic heterocycles. The number of imidazole rings is 1. The number of hydrogen-bond donors (Lipinski definition) is 0. The zero-order valence-electron chi connectivity index (χ0n) is 20.6. The molecule has 2 aromatic carbocycles. The molecular weight excluding hydrogens is 521 g/mol. The SMILES string of the molecule is COC1CC[C@H](S(=O)(=O)N(Cc2nccn2C)c2ccc(Cl)cc2Cc2ccccc2Cl)CC1OC. The van der Waals surface area contributed by atoms with Gasteiger partial charge in [0, 0.05) is 50.1 Å². The topological polar surface area (TPSA) is 73.7 Å². The van der Waals surface area contributed by atoms with Crippen molar-refractivity contribution in [1.82, 2.24) is 9.55 Å². The van der Waals surface area contributed by atoms with Crippen LogP contribution in [0.25, 0.3) is 0 Å². The molecule has 0 N–H and O–H groups in total. The third kappa shape index (κ3) is 5.73. The van der Waals surface area contributed by atoms with Gasteiger partial charge in [0.25, 0.3) is 0 Å². The quantitative estimate of drug-likeness (QED) is 0.363. The number of rotatable bonds is 9. The number of sulfonamides is 1. The molecule has 1 aliphatic carbocycles. The summed E-state index contributed by atoms with van der Waals surface area (Å²) < 4.78 is 43.0. The Kier molecular flexibility index (Phi) is 8.63. The van der Waals surface area contributed by atoms with Gasteiger partial charge in [-0.1, -0.05) is 41.4 Å². The fraction of sp³-hybridized carbons (Fsp3) is 0.423. The Balaban J connectivity index is 1.78. The molecule has 0 radical (unpaired) electrons. The van der Waals surface area contributed by atoms with Crippen molar-refractivity contribution in [1.29, 1.82) is 0 Å². The second-order valence-corrected chi connectivity index (χ2v) is 12.0. The van der Waals surface area contributed by atoms with Crippen LogP contribution in [0.5, 0.6) is 0 Å². The maximum absolute atomic E-state index is 14.3. The maximum atomic E-state index is 14.3. The monoisotopic (exact) mass is 551 g/mol. The highest BCUT2D eigenvalue weighted by atomic mass is 35.5. The highest BCUT2D eigenvalue weighted by Crippen LogP contribution is 2.36. The Morgan fingerprint density at radius 3 is 2.47 bits per heavy atom. The lowest BCUT2D eigenvalue weighted by Crippen LogP contribution is -2.47. The molecule has 36 heavy (non-hydrogen) atoms. The van der Waals surface area contributed by atoms with Gasteiger partial charge in [0.2, 0.25) is 10.0 Å². The van der Waals surface area contributed by atoms with Crippen molar-refractivity contribution in [3.05, 3.63) is 81.9 Å². The van der Waals surface area contributed by atoms with E-state index in [1.807, 2.05) is 35.9 Å². The van der Waals surface area contributed by atoms with E-state index in [0.717, 1.165) is 11.1 Å². The molecule has 10 heteroatoms. The Bertz CT molecular complexity index is 1300. The first-order valence-electron chi connectivity index (χ1n) is 11.8. The third-order valence-electron chi connectivity index (χ3n) is 6.87. The lowest BCUT2D eigenvalue weighted by Gasteiger charge is -2.37. The Hall–Kier alpha value is -2.10. The predicted molar refractivity (Wildman–Crippen MR) is 143 cm³/mol. The van der Waals surface area contributed by atoms with E-state index in [1.165, 1.54) is 4.31 Å². The summed E-state index contributed by atoms with van der Waals surface area (Å²) in [5, 5.41) is 0.510. The van der Waals surface area contributed by atoms with E-state index < -0.39 is 15.3 Å². The number of aryl methyl sites for hydroxylation is 1. The molecular formula is C26H31Cl2N3O4S. The number of methoxy groups -OCH3 is 2. The lowest BCUT2D eigenvalue weighted by molar-refractivity contribution is -0.0568. The molecule has 1 saturated carbocycles. The van der Waals surface area contributed by atoms with Gasteiger partial charge in [-0.2, -0.15) is 0 Å². The highest BCUT2D eigenvalue weighted by molar-refractivity contribution is 7.93. The molecule has 1 aliphatic rings. The van der Waals surface area contributed by atoms with Crippen molar-refractivity contribution in [3.8, 4) is 0 Å². The normalized spacial score (nSPS) is 20.4. The molecule has 0 spiro atoms. The highest BCUT2D eigenvalue weighted by Gasteiger charge is 2.41. The van der Waals surface area contributed by atoms with Crippen molar-refractivity contribution in [2.24, 2.45) is 7.05 Å². The largest absolute Gasteiger partial charge is 0.379 e. The van der Waals surface area contributed by atoms with E-state index in [9.17, 15) is 8.42 Å². The Morgan fingerprint density at radius 2 is 1.81 bits per heavy atom. The standard InChI is InChI=1S/C26H31Cl2N3O4S/c1-30-13-12-29-26(30)17-31(36(32,33)21-9-11-24(34-2)25(16-21)35-3)23-10-8-20(27)15-19(23)14-18-6-4-5-7-22(18)28/h4-8,10,12-13,15,21,24-25H,9,11,14,16-17H2,1-3H3/t21-,24?,25?/m0/s1. The molecule has 0 saturated heterocycles. The summed E-state index contributed by atoms with van der Waals surface area (Å²) in [6.45, 7) is 0.0881. The summed E-state index contributed by atoms with van der Waals surface area (Å²) in [4.78, 5) is 4.41. The number of benzene rings is 2. The fourth-order valence-corrected chi connectivity index (χ4v) is 7.18. The number of halogens is 2. The van der Waals surface area contributed by atoms with Crippen LogP contribution in [0.1, 0.15) is 36.2 Å². The molecule has 1 fully saturated rings. The van der Waals surface area contributed by atoms with Gasteiger partial charge in [0.15, 0.2) is 0 Å². The van der Waals surface area contributed by atoms with Gasteiger partial charge in [0.1, 0.15) is 5.82 Å². The summed E-state index contributed by atoms with van der Waals surface area (Å²) in [5.74, 6) is 0.631. The Morgan fingerprint density at radius 1 is 1.06 bits per heavy atom. The minimum Gasteiger partial charge on any atom is -0.379 e. The van der Waals surface area contributed by atoms with Gasteiger partial charge in [0.05, 0.1) is 29.7 Å². The van der Waals surface area contributed by atoms with Crippen molar-refractivity contribution in [2.45, 2.75) is 49.7 Å². The van der Waals surface area contributed by atoms with Crippen LogP contribution in [-0.4, -0.2) is 49.6 Å². The van der Waals surface area contributed by atoms with Crippen LogP contribution in [0, 0.1) is 0 Å². The van der Waals surface area contributed by atoms with E-state index in [4.69, 9.17) is 32.7 Å². The number of ether oxygens (including phenoxy) is 2. The lowest BCUT2D eigenvalue weighted by atomic mass is 9.94. The molecule has 3 aromatic rings. The van der Waals surface area contributed by atoms with Crippen molar-refractivity contribution >= 4 is 38.9 Å². The van der Waals surface area contributed by atoms with Crippen LogP contribution < -0.4 is 4.31 Å². The van der Waals surface area contributed by atoms with Gasteiger partial charge < -0.3 is 14.0 Å². The van der Waals surface area contributed by atoms with Crippen LogP contribution >= 0.6 is 23.2 Å². The van der Waals surface area contributed by atoms with Gasteiger partial charge in [-0.25, -0.2) is 13.4 Å². The smallest absolute Gasteiger partial charge is 0.238 e. The molecule has 194 valence electrons. The first kappa shape index (κ1) is 26.9. The zero-order chi connectivity index (χ0) is 25.9. The van der Waals surface area contributed by atoms with E-state index in [0.29, 0.717) is 47.2 Å². The molecule has 3 atom stereocenters. The van der Waals surface area contributed by atoms with E-state index in [1.54, 1.807) is 44.8 Å². The molecule has 1 heterocycles. The predicted octanol–water partition coefficient (Wildman–Crippen LogP) is 5.24. The zero-order valence-corrected chi connectivity index (χ0v) is 22.9. The molecule has 0 bridgehead atoms. The van der Waals surface area contributed by atoms with Gasteiger partial charge in [-0.05, 0) is 54.7 Å². The van der Waals surface area contributed by atoms with E-state index >= 15 is 0 Å². The summed E-state index contributed by atoms with van der Waals surface area (Å²) in [6.07, 6.45) is 4.89. The summed E-state index contributed by atoms with van der Waals surface area (Å²) in [5.41, 5.74) is 2.21. The second-order valence-electron chi connectivity index (χ2n) is 9.03. The van der Waals surface area contributed by atoms with Crippen LogP contribution in [-0.2, 0) is 39.5 Å². The summed E-state index contributed by atoms with van der Waals surface area (Å²) in [7, 11) is 1.27. The number of nitrogens with zero attached hydrogens (tertiary/aromatic N) is 3. The van der Waals surface area contributed by atoms with Crippen molar-refractivity contribution in [2.75, 3.05) is 18.5 Å². The van der Waals surface area contributed by atoms with Crippen molar-refractivity contribution in [3.63, 3.8) is 0 Å². The molecule has 0 amide bonds. The van der Waals surface area contributed by atoms with Gasteiger partial charge in [-0.3, -0.25) is 4.31 Å². The van der Waals surface area contributed by atoms with Gasteiger partial charge >= 0.3 is 0 Å². The average molecular weight is 553 g/mol.